The molecule has 9 heterocycles. The monoisotopic (exact) mass is 1160 g/mol. The van der Waals surface area contributed by atoms with E-state index in [-0.39, 0.29) is 31.7 Å². The number of nitrogen functional groups attached to an aromatic ring is 1. The van der Waals surface area contributed by atoms with E-state index >= 15 is 0 Å². The normalized spacial score (nSPS) is 31.0. The maximum absolute atomic E-state index is 12.5. The summed E-state index contributed by atoms with van der Waals surface area (Å²) in [6, 6.07) is 3.35. The van der Waals surface area contributed by atoms with Gasteiger partial charge in [0.15, 0.2) is 0 Å². The lowest BCUT2D eigenvalue weighted by Gasteiger charge is -2.33. The average Bonchev–Trinajstić information content (AvgIpc) is 4.24. The summed E-state index contributed by atoms with van der Waals surface area (Å²) in [5.41, 5.74) is 2.34. The Kier molecular flexibility index (Phi) is 22.6. The second-order valence-corrected chi connectivity index (χ2v) is 19.1. The molecule has 4 aromatic heterocycles. The number of carbonyl (C=O) groups excluding carboxylic acids is 3. The van der Waals surface area contributed by atoms with Crippen molar-refractivity contribution in [3.05, 3.63) is 114 Å². The number of ether oxygens (including phenoxy) is 6. The van der Waals surface area contributed by atoms with E-state index in [1.807, 2.05) is 13.8 Å². The Balaban J connectivity index is 0.000000177. The van der Waals surface area contributed by atoms with Crippen LogP contribution in [0.4, 0.5) is 10.6 Å². The molecule has 2 amide bonds. The molecule has 34 nitrogen and oxygen atoms in total. The Morgan fingerprint density at radius 1 is 0.622 bits per heavy atom. The van der Waals surface area contributed by atoms with Crippen LogP contribution in [0.3, 0.4) is 0 Å². The van der Waals surface area contributed by atoms with Crippen LogP contribution >= 0.6 is 0 Å². The zero-order valence-corrected chi connectivity index (χ0v) is 44.7. The minimum atomic E-state index is -1.08. The molecule has 5 unspecified atom stereocenters. The number of rotatable bonds is 15. The fraction of sp³-hybridized carbons (Fsp3) is 0.604. The minimum Gasteiger partial charge on any atom is -0.459 e. The summed E-state index contributed by atoms with van der Waals surface area (Å²) in [4.78, 5) is 105. The highest BCUT2D eigenvalue weighted by atomic mass is 16.6. The van der Waals surface area contributed by atoms with Crippen molar-refractivity contribution in [1.29, 1.82) is 0 Å². The number of nitrogens with two attached hydrogens (primary N) is 1. The van der Waals surface area contributed by atoms with Crippen LogP contribution in [0, 0.1) is 23.7 Å². The average molecular weight is 1170 g/mol. The molecule has 4 saturated heterocycles. The molecule has 0 aromatic carbocycles. The summed E-state index contributed by atoms with van der Waals surface area (Å²) < 4.78 is 37.8. The highest BCUT2D eigenvalue weighted by Gasteiger charge is 2.51. The first-order valence-electron chi connectivity index (χ1n) is 25.8. The van der Waals surface area contributed by atoms with E-state index in [0.29, 0.717) is 12.8 Å². The van der Waals surface area contributed by atoms with Crippen LogP contribution in [0.15, 0.2) is 85.7 Å². The SMILES string of the molecule is CC[C@H]1O[C@@H](N2C=CC(n3cncn3)NC2=O)[C@H](CO)C1OC(C)=O.CC[C@H]1O[C@@H](n2ccc(=O)[nH]c2=O)[C@H](CO)C1OC(C)=O.Nc1ccn([C@@H]2O[C@H](CO)C(O)[C@H]2CO)c(=O)n1.O=c1ccn([C@@H]2O[C@H](CO)C(O)[C@H]2CO)c(=O)[nH]1. The van der Waals surface area contributed by atoms with Gasteiger partial charge in [0.2, 0.25) is 0 Å². The lowest BCUT2D eigenvalue weighted by Crippen LogP contribution is -2.51. The number of carbonyl (C=O) groups is 3. The van der Waals surface area contributed by atoms with Crippen LogP contribution < -0.4 is 39.2 Å². The largest absolute Gasteiger partial charge is 0.459 e. The Hall–Kier alpha value is -7.35. The highest BCUT2D eigenvalue weighted by molar-refractivity contribution is 5.77. The fourth-order valence-electron chi connectivity index (χ4n) is 9.82. The maximum Gasteiger partial charge on any atom is 0.351 e. The number of nitrogens with zero attached hydrogens (tertiary/aromatic N) is 8. The Labute approximate surface area is 463 Å². The van der Waals surface area contributed by atoms with Gasteiger partial charge in [-0.15, -0.1) is 0 Å². The topological polar surface area (TPSA) is 485 Å². The van der Waals surface area contributed by atoms with Gasteiger partial charge in [-0.25, -0.2) is 28.8 Å². The Morgan fingerprint density at radius 3 is 1.46 bits per heavy atom. The Bertz CT molecular complexity index is 3080. The number of urea groups is 1. The van der Waals surface area contributed by atoms with Gasteiger partial charge in [-0.05, 0) is 25.0 Å². The van der Waals surface area contributed by atoms with Crippen molar-refractivity contribution in [2.75, 3.05) is 45.4 Å². The Morgan fingerprint density at radius 2 is 1.06 bits per heavy atom. The molecule has 0 bridgehead atoms. The number of aromatic amines is 2. The second-order valence-electron chi connectivity index (χ2n) is 19.1. The van der Waals surface area contributed by atoms with Gasteiger partial charge < -0.3 is 80.3 Å². The third-order valence-corrected chi connectivity index (χ3v) is 13.9. The number of aliphatic hydroxyl groups excluding tert-OH is 8. The number of hydrogen-bond donors (Lipinski definition) is 12. The predicted molar refractivity (Wildman–Crippen MR) is 275 cm³/mol. The second kappa shape index (κ2) is 29.1. The van der Waals surface area contributed by atoms with Crippen LogP contribution in [0.25, 0.3) is 0 Å². The van der Waals surface area contributed by atoms with Gasteiger partial charge >= 0.3 is 35.0 Å². The number of amides is 2. The third kappa shape index (κ3) is 14.6. The lowest BCUT2D eigenvalue weighted by atomic mass is 9.98. The van der Waals surface area contributed by atoms with Crippen LogP contribution in [-0.4, -0.2) is 202 Å². The molecule has 5 aliphatic rings. The van der Waals surface area contributed by atoms with Crippen molar-refractivity contribution in [3.63, 3.8) is 0 Å². The van der Waals surface area contributed by atoms with Crippen LogP contribution in [0.1, 0.15) is 65.4 Å². The molecule has 452 valence electrons. The summed E-state index contributed by atoms with van der Waals surface area (Å²) in [5.74, 6) is -3.41. The van der Waals surface area contributed by atoms with E-state index in [2.05, 4.69) is 30.4 Å². The molecule has 34 heteroatoms. The van der Waals surface area contributed by atoms with E-state index in [0.717, 1.165) is 15.2 Å². The summed E-state index contributed by atoms with van der Waals surface area (Å²) in [6.45, 7) is 4.14. The zero-order chi connectivity index (χ0) is 60.1. The number of esters is 2. The van der Waals surface area contributed by atoms with Gasteiger partial charge in [-0.1, -0.05) is 13.8 Å². The van der Waals surface area contributed by atoms with Gasteiger partial charge in [0.25, 0.3) is 11.1 Å². The molecule has 0 radical (unpaired) electrons. The molecular formula is C48H68N12O22. The first-order chi connectivity index (χ1) is 39.2. The van der Waals surface area contributed by atoms with Crippen molar-refractivity contribution in [3.8, 4) is 0 Å². The predicted octanol–water partition coefficient (Wildman–Crippen LogP) is -5.54. The molecule has 0 saturated carbocycles. The number of aromatic nitrogens is 9. The minimum absolute atomic E-state index is 0.0778. The number of hydrogen-bond acceptors (Lipinski definition) is 26. The number of aliphatic hydroxyl groups is 8. The number of nitrogens with one attached hydrogen (secondary N) is 3. The molecule has 9 rings (SSSR count). The third-order valence-electron chi connectivity index (χ3n) is 13.9. The van der Waals surface area contributed by atoms with Gasteiger partial charge in [-0.3, -0.25) is 47.7 Å². The van der Waals surface area contributed by atoms with Crippen LogP contribution in [-0.2, 0) is 38.0 Å². The highest BCUT2D eigenvalue weighted by Crippen LogP contribution is 2.38. The van der Waals surface area contributed by atoms with E-state index in [4.69, 9.17) is 44.4 Å². The van der Waals surface area contributed by atoms with Crippen molar-refractivity contribution >= 4 is 23.8 Å². The van der Waals surface area contributed by atoms with E-state index in [1.54, 1.807) is 12.3 Å². The molecule has 17 atom stereocenters. The first kappa shape index (κ1) is 63.8. The van der Waals surface area contributed by atoms with Crippen molar-refractivity contribution in [2.45, 2.75) is 120 Å². The van der Waals surface area contributed by atoms with Gasteiger partial charge in [0.1, 0.15) is 74.0 Å². The van der Waals surface area contributed by atoms with Gasteiger partial charge in [-0.2, -0.15) is 10.1 Å². The van der Waals surface area contributed by atoms with E-state index in [9.17, 15) is 69.0 Å². The molecule has 4 fully saturated rings. The lowest BCUT2D eigenvalue weighted by molar-refractivity contribution is -0.152. The quantitative estimate of drug-likeness (QED) is 0.0494. The molecule has 5 aliphatic heterocycles. The standard InChI is InChI=1S/C15H21N5O5.C13H18N2O6.C10H15N3O5.C10H14N2O6/c1-3-11-13(24-9(2)22)10(6-21)14(25-11)19-5-4-12(18-15(19)23)20-8-16-7-17-20;1-3-9-11(20-7(2)17)8(6-16)12(21-9)15-5-4-10(18)14-13(15)19;11-7-1-2-13(10(17)12-7)9-5(3-14)8(16)6(4-15)18-9;13-3-5-8(16)6(4-14)18-9(5)12-2-1-7(15)11-10(12)17/h4-5,7-8,10-14,21H,3,6H2,1-2H3,(H,18,23);4-5,8-9,11-12,16H,3,6H2,1-2H3,(H,14,18,19);1-2,5-6,8-9,14-16H,3-4H2,(H2,11,12,17);1-2,5-6,8-9,13-14,16H,3-4H2,(H,11,15,17)/t10-,11-,12?,13?,14-;8-,9-,11?,12-;2*5-,6-,8?,9-/m1111/s1. The molecule has 82 heavy (non-hydrogen) atoms. The zero-order valence-electron chi connectivity index (χ0n) is 44.7. The summed E-state index contributed by atoms with van der Waals surface area (Å²) >= 11 is 0. The fourth-order valence-corrected chi connectivity index (χ4v) is 9.82. The summed E-state index contributed by atoms with van der Waals surface area (Å²) in [6.07, 6.45) is 1.58. The molecule has 4 aromatic rings. The maximum atomic E-state index is 12.5. The number of anilines is 1. The van der Waals surface area contributed by atoms with Gasteiger partial charge in [0, 0.05) is 50.8 Å². The molecule has 0 aliphatic carbocycles. The van der Waals surface area contributed by atoms with Crippen LogP contribution in [0.5, 0.6) is 0 Å². The van der Waals surface area contributed by atoms with Crippen molar-refractivity contribution in [1.82, 2.24) is 53.6 Å². The summed E-state index contributed by atoms with van der Waals surface area (Å²) in [5, 5.41) is 82.2. The van der Waals surface area contributed by atoms with Gasteiger partial charge in [0.05, 0.1) is 87.7 Å². The smallest absolute Gasteiger partial charge is 0.351 e. The van der Waals surface area contributed by atoms with Crippen molar-refractivity contribution in [2.24, 2.45) is 23.7 Å². The van der Waals surface area contributed by atoms with E-state index < -0.39 is 163 Å². The molecular weight excluding hydrogens is 1100 g/mol. The van der Waals surface area contributed by atoms with Crippen molar-refractivity contribution < 1.29 is 83.7 Å². The van der Waals surface area contributed by atoms with Crippen LogP contribution in [0.2, 0.25) is 0 Å². The molecule has 0 spiro atoms. The summed E-state index contributed by atoms with van der Waals surface area (Å²) in [7, 11) is 0. The molecule has 13 N–H and O–H groups in total. The first-order valence-corrected chi connectivity index (χ1v) is 25.8. The number of H-pyrrole nitrogens is 2. The van der Waals surface area contributed by atoms with E-state index in [1.165, 1.54) is 71.4 Å².